The van der Waals surface area contributed by atoms with Crippen molar-refractivity contribution in [3.05, 3.63) is 212 Å². The van der Waals surface area contributed by atoms with Crippen LogP contribution < -0.4 is 4.90 Å². The topological polar surface area (TPSA) is 16.4 Å². The van der Waals surface area contributed by atoms with Gasteiger partial charge in [0.25, 0.3) is 0 Å². The van der Waals surface area contributed by atoms with Gasteiger partial charge in [-0.2, -0.15) is 0 Å². The molecule has 0 unspecified atom stereocenters. The van der Waals surface area contributed by atoms with E-state index >= 15 is 0 Å². The molecule has 0 saturated heterocycles. The van der Waals surface area contributed by atoms with Crippen molar-refractivity contribution < 1.29 is 4.42 Å². The highest BCUT2D eigenvalue weighted by atomic mass is 16.3. The van der Waals surface area contributed by atoms with E-state index in [2.05, 4.69) is 217 Å². The SMILES string of the molecule is c1ccc(-c2c(-c3ccccc3)c3cc(-c4cccc(N(c5ccccc5)c5cccc6c5oc5c7ccccc7ccc65)c4)ccc3c3ccccc23)cc1. The van der Waals surface area contributed by atoms with E-state index in [4.69, 9.17) is 4.42 Å². The lowest BCUT2D eigenvalue weighted by molar-refractivity contribution is 0.673. The normalized spacial score (nSPS) is 11.6. The zero-order valence-electron chi connectivity index (χ0n) is 30.6. The molecule has 1 aromatic heterocycles. The van der Waals surface area contributed by atoms with Gasteiger partial charge in [0.05, 0.1) is 5.69 Å². The van der Waals surface area contributed by atoms with Crippen LogP contribution in [0, 0.1) is 0 Å². The van der Waals surface area contributed by atoms with E-state index in [0.717, 1.165) is 55.5 Å². The van der Waals surface area contributed by atoms with Gasteiger partial charge in [-0.15, -0.1) is 0 Å². The largest absolute Gasteiger partial charge is 0.453 e. The summed E-state index contributed by atoms with van der Waals surface area (Å²) >= 11 is 0. The van der Waals surface area contributed by atoms with Crippen LogP contribution in [0.3, 0.4) is 0 Å². The number of furan rings is 1. The first-order valence-electron chi connectivity index (χ1n) is 19.2. The molecule has 0 N–H and O–H groups in total. The predicted octanol–water partition coefficient (Wildman–Crippen LogP) is 15.5. The Morgan fingerprint density at radius 2 is 0.804 bits per heavy atom. The van der Waals surface area contributed by atoms with Crippen LogP contribution in [-0.4, -0.2) is 0 Å². The molecule has 0 radical (unpaired) electrons. The Labute approximate surface area is 325 Å². The quantitative estimate of drug-likeness (QED) is 0.160. The first-order valence-corrected chi connectivity index (χ1v) is 19.2. The molecule has 56 heavy (non-hydrogen) atoms. The highest BCUT2D eigenvalue weighted by Gasteiger charge is 2.22. The van der Waals surface area contributed by atoms with Gasteiger partial charge in [0.1, 0.15) is 5.58 Å². The summed E-state index contributed by atoms with van der Waals surface area (Å²) < 4.78 is 6.88. The fourth-order valence-electron chi connectivity index (χ4n) is 8.70. The number of anilines is 3. The summed E-state index contributed by atoms with van der Waals surface area (Å²) in [7, 11) is 0. The Hall–Kier alpha value is -7.42. The maximum atomic E-state index is 6.88. The lowest BCUT2D eigenvalue weighted by atomic mass is 9.84. The molecule has 11 rings (SSSR count). The molecule has 0 atom stereocenters. The Bertz CT molecular complexity index is 3240. The lowest BCUT2D eigenvalue weighted by Gasteiger charge is -2.26. The molecule has 0 amide bonds. The molecular formula is C54H35NO. The average molecular weight is 714 g/mol. The third kappa shape index (κ3) is 5.19. The third-order valence-corrected chi connectivity index (χ3v) is 11.2. The molecule has 262 valence electrons. The maximum Gasteiger partial charge on any atom is 0.159 e. The van der Waals surface area contributed by atoms with Gasteiger partial charge in [-0.1, -0.05) is 170 Å². The van der Waals surface area contributed by atoms with Crippen molar-refractivity contribution in [1.82, 2.24) is 0 Å². The van der Waals surface area contributed by atoms with E-state index < -0.39 is 0 Å². The van der Waals surface area contributed by atoms with Crippen molar-refractivity contribution in [3.63, 3.8) is 0 Å². The van der Waals surface area contributed by atoms with Crippen molar-refractivity contribution in [2.24, 2.45) is 0 Å². The second-order valence-electron chi connectivity index (χ2n) is 14.4. The zero-order chi connectivity index (χ0) is 37.0. The molecule has 2 heteroatoms. The van der Waals surface area contributed by atoms with E-state index in [-0.39, 0.29) is 0 Å². The van der Waals surface area contributed by atoms with Crippen molar-refractivity contribution >= 4 is 71.3 Å². The van der Waals surface area contributed by atoms with Crippen LogP contribution in [0.5, 0.6) is 0 Å². The third-order valence-electron chi connectivity index (χ3n) is 11.2. The second-order valence-corrected chi connectivity index (χ2v) is 14.4. The fraction of sp³-hybridized carbons (Fsp3) is 0. The van der Waals surface area contributed by atoms with Crippen LogP contribution in [0.2, 0.25) is 0 Å². The van der Waals surface area contributed by atoms with Crippen molar-refractivity contribution in [2.75, 3.05) is 4.90 Å². The Kier molecular flexibility index (Phi) is 7.53. The summed E-state index contributed by atoms with van der Waals surface area (Å²) in [5, 5.41) is 9.50. The van der Waals surface area contributed by atoms with Gasteiger partial charge >= 0.3 is 0 Å². The van der Waals surface area contributed by atoms with Gasteiger partial charge in [-0.05, 0) is 103 Å². The Balaban J connectivity index is 1.13. The summed E-state index contributed by atoms with van der Waals surface area (Å²) in [5.41, 5.74) is 12.1. The minimum Gasteiger partial charge on any atom is -0.453 e. The van der Waals surface area contributed by atoms with Gasteiger partial charge in [-0.3, -0.25) is 0 Å². The van der Waals surface area contributed by atoms with Crippen molar-refractivity contribution in [1.29, 1.82) is 0 Å². The molecule has 0 aliphatic rings. The van der Waals surface area contributed by atoms with Crippen molar-refractivity contribution in [3.8, 4) is 33.4 Å². The predicted molar refractivity (Wildman–Crippen MR) is 237 cm³/mol. The number of benzene rings is 10. The molecule has 0 aliphatic carbocycles. The van der Waals surface area contributed by atoms with E-state index in [9.17, 15) is 0 Å². The van der Waals surface area contributed by atoms with E-state index in [1.54, 1.807) is 0 Å². The number of fused-ring (bicyclic) bond motifs is 8. The Morgan fingerprint density at radius 3 is 1.57 bits per heavy atom. The molecular weight excluding hydrogens is 679 g/mol. The highest BCUT2D eigenvalue weighted by Crippen LogP contribution is 2.47. The summed E-state index contributed by atoms with van der Waals surface area (Å²) in [6, 6.07) is 76.3. The van der Waals surface area contributed by atoms with Crippen LogP contribution in [0.25, 0.3) is 87.6 Å². The molecule has 0 aliphatic heterocycles. The van der Waals surface area contributed by atoms with Crippen LogP contribution in [0.1, 0.15) is 0 Å². The summed E-state index contributed by atoms with van der Waals surface area (Å²) in [5.74, 6) is 0. The number of nitrogens with zero attached hydrogens (tertiary/aromatic N) is 1. The second kappa shape index (κ2) is 13.2. The van der Waals surface area contributed by atoms with Crippen LogP contribution in [0.4, 0.5) is 17.1 Å². The molecule has 0 fully saturated rings. The van der Waals surface area contributed by atoms with Crippen molar-refractivity contribution in [2.45, 2.75) is 0 Å². The standard InChI is InChI=1S/C54H35NO/c1-4-17-37(18-5-1)51-46-27-13-12-26-44(46)45-32-31-40(35-49(45)52(51)38-19-6-2-7-20-38)39-21-14-24-42(34-39)55(41-22-8-3-9-23-41)50-29-15-28-47-48-33-30-36-16-10-11-25-43(36)53(48)56-54(47)50/h1-35H. The van der Waals surface area contributed by atoms with Gasteiger partial charge in [-0.25, -0.2) is 0 Å². The zero-order valence-corrected chi connectivity index (χ0v) is 30.6. The minimum atomic E-state index is 0.867. The van der Waals surface area contributed by atoms with E-state index in [1.807, 2.05) is 0 Å². The molecule has 2 nitrogen and oxygen atoms in total. The first-order chi connectivity index (χ1) is 27.8. The van der Waals surface area contributed by atoms with Gasteiger partial charge in [0.15, 0.2) is 5.58 Å². The molecule has 10 aromatic carbocycles. The first kappa shape index (κ1) is 32.0. The fourth-order valence-corrected chi connectivity index (χ4v) is 8.70. The average Bonchev–Trinajstić information content (AvgIpc) is 3.67. The molecule has 0 bridgehead atoms. The number of hydrogen-bond donors (Lipinski definition) is 0. The summed E-state index contributed by atoms with van der Waals surface area (Å²) in [4.78, 5) is 2.33. The minimum absolute atomic E-state index is 0.867. The van der Waals surface area contributed by atoms with Gasteiger partial charge < -0.3 is 9.32 Å². The number of rotatable bonds is 6. The Morgan fingerprint density at radius 1 is 0.286 bits per heavy atom. The lowest BCUT2D eigenvalue weighted by Crippen LogP contribution is -2.10. The monoisotopic (exact) mass is 713 g/mol. The van der Waals surface area contributed by atoms with Gasteiger partial charge in [0, 0.05) is 27.5 Å². The maximum absolute atomic E-state index is 6.88. The molecule has 0 spiro atoms. The molecule has 11 aromatic rings. The summed E-state index contributed by atoms with van der Waals surface area (Å²) in [6.07, 6.45) is 0. The van der Waals surface area contributed by atoms with Gasteiger partial charge in [0.2, 0.25) is 0 Å². The van der Waals surface area contributed by atoms with Crippen LogP contribution in [-0.2, 0) is 0 Å². The highest BCUT2D eigenvalue weighted by molar-refractivity contribution is 6.22. The van der Waals surface area contributed by atoms with Crippen LogP contribution >= 0.6 is 0 Å². The van der Waals surface area contributed by atoms with E-state index in [1.165, 1.54) is 49.2 Å². The smallest absolute Gasteiger partial charge is 0.159 e. The molecule has 0 saturated carbocycles. The summed E-state index contributed by atoms with van der Waals surface area (Å²) in [6.45, 7) is 0. The van der Waals surface area contributed by atoms with Crippen LogP contribution in [0.15, 0.2) is 217 Å². The number of hydrogen-bond acceptors (Lipinski definition) is 2. The van der Waals surface area contributed by atoms with E-state index in [0.29, 0.717) is 0 Å². The molecule has 1 heterocycles. The number of para-hydroxylation sites is 2.